The van der Waals surface area contributed by atoms with Crippen LogP contribution < -0.4 is 5.32 Å². The van der Waals surface area contributed by atoms with Crippen LogP contribution in [0.2, 0.25) is 0 Å². The Morgan fingerprint density at radius 3 is 2.23 bits per heavy atom. The molecule has 0 spiro atoms. The van der Waals surface area contributed by atoms with E-state index in [-0.39, 0.29) is 11.2 Å². The monoisotopic (exact) mass is 306 g/mol. The van der Waals surface area contributed by atoms with E-state index in [0.717, 1.165) is 5.56 Å². The van der Waals surface area contributed by atoms with Crippen molar-refractivity contribution in [3.63, 3.8) is 0 Å². The molecule has 0 saturated carbocycles. The first-order valence-corrected chi connectivity index (χ1v) is 7.41. The molecular weight excluding hydrogens is 280 g/mol. The van der Waals surface area contributed by atoms with E-state index in [2.05, 4.69) is 10.3 Å². The summed E-state index contributed by atoms with van der Waals surface area (Å²) < 4.78 is 5.15. The van der Waals surface area contributed by atoms with Crippen LogP contribution in [-0.4, -0.2) is 22.5 Å². The number of Topliss-reactive ketones (excluding diaryl/α,β-unsaturated/α-hetero) is 1. The fourth-order valence-electron chi connectivity index (χ4n) is 1.75. The Labute approximate surface area is 132 Å². The van der Waals surface area contributed by atoms with Crippen molar-refractivity contribution in [2.75, 3.05) is 0 Å². The van der Waals surface area contributed by atoms with Crippen molar-refractivity contribution in [2.24, 2.45) is 5.41 Å². The fourth-order valence-corrected chi connectivity index (χ4v) is 1.75. The van der Waals surface area contributed by atoms with Crippen LogP contribution in [0.5, 0.6) is 0 Å². The van der Waals surface area contributed by atoms with Gasteiger partial charge in [-0.3, -0.25) is 9.78 Å². The van der Waals surface area contributed by atoms with Gasteiger partial charge in [-0.2, -0.15) is 0 Å². The normalized spacial score (nSPS) is 11.9. The molecule has 1 aromatic rings. The first kappa shape index (κ1) is 18.1. The topological polar surface area (TPSA) is 68.3 Å². The molecule has 0 radical (unpaired) electrons. The first-order chi connectivity index (χ1) is 9.96. The Bertz CT molecular complexity index is 522. The molecule has 0 aromatic carbocycles. The zero-order valence-corrected chi connectivity index (χ0v) is 14.3. The zero-order valence-electron chi connectivity index (χ0n) is 14.3. The Kier molecular flexibility index (Phi) is 5.69. The highest BCUT2D eigenvalue weighted by Crippen LogP contribution is 2.20. The molecule has 0 unspecified atom stereocenters. The predicted octanol–water partition coefficient (Wildman–Crippen LogP) is 3.73. The number of ketones is 1. The van der Waals surface area contributed by atoms with Gasteiger partial charge in [0.1, 0.15) is 11.3 Å². The van der Waals surface area contributed by atoms with Crippen LogP contribution in [0.4, 0.5) is 4.79 Å². The molecule has 0 aliphatic rings. The maximum Gasteiger partial charge on any atom is 0.407 e. The van der Waals surface area contributed by atoms with Gasteiger partial charge in [0.25, 0.3) is 0 Å². The van der Waals surface area contributed by atoms with Crippen LogP contribution in [-0.2, 0) is 11.3 Å². The van der Waals surface area contributed by atoms with Gasteiger partial charge in [0.2, 0.25) is 0 Å². The summed E-state index contributed by atoms with van der Waals surface area (Å²) in [4.78, 5) is 27.8. The maximum absolute atomic E-state index is 12.0. The average molecular weight is 306 g/mol. The molecule has 1 aromatic heterocycles. The van der Waals surface area contributed by atoms with Gasteiger partial charge in [-0.15, -0.1) is 0 Å². The van der Waals surface area contributed by atoms with Gasteiger partial charge in [-0.1, -0.05) is 26.8 Å². The van der Waals surface area contributed by atoms with E-state index in [9.17, 15) is 9.59 Å². The highest BCUT2D eigenvalue weighted by molar-refractivity contribution is 5.94. The van der Waals surface area contributed by atoms with Gasteiger partial charge in [-0.05, 0) is 37.8 Å². The third-order valence-corrected chi connectivity index (χ3v) is 2.64. The predicted molar refractivity (Wildman–Crippen MR) is 85.7 cm³/mol. The summed E-state index contributed by atoms with van der Waals surface area (Å²) in [5.41, 5.74) is 0.690. The molecule has 1 heterocycles. The lowest BCUT2D eigenvalue weighted by molar-refractivity contribution is 0.0523. The number of alkyl carbamates (subject to hydrolysis) is 1. The number of pyridine rings is 1. The third-order valence-electron chi connectivity index (χ3n) is 2.64. The van der Waals surface area contributed by atoms with E-state index < -0.39 is 11.7 Å². The molecule has 0 atom stereocenters. The molecule has 0 saturated heterocycles. The second-order valence-corrected chi connectivity index (χ2v) is 7.57. The highest BCUT2D eigenvalue weighted by Gasteiger charge is 2.18. The minimum Gasteiger partial charge on any atom is -0.444 e. The lowest BCUT2D eigenvalue weighted by atomic mass is 9.89. The first-order valence-electron chi connectivity index (χ1n) is 7.41. The van der Waals surface area contributed by atoms with Crippen LogP contribution in [0.3, 0.4) is 0 Å². The van der Waals surface area contributed by atoms with Crippen molar-refractivity contribution in [3.8, 4) is 0 Å². The number of carbonyl (C=O) groups is 2. The van der Waals surface area contributed by atoms with Crippen LogP contribution >= 0.6 is 0 Å². The Balaban J connectivity index is 2.55. The summed E-state index contributed by atoms with van der Waals surface area (Å²) in [7, 11) is 0. The van der Waals surface area contributed by atoms with Gasteiger partial charge in [0.05, 0.1) is 0 Å². The van der Waals surface area contributed by atoms with Crippen LogP contribution in [0.25, 0.3) is 0 Å². The summed E-state index contributed by atoms with van der Waals surface area (Å²) in [5.74, 6) is 0.0270. The number of amides is 1. The van der Waals surface area contributed by atoms with E-state index in [1.807, 2.05) is 41.5 Å². The fraction of sp³-hybridized carbons (Fsp3) is 0.588. The Morgan fingerprint density at radius 2 is 1.77 bits per heavy atom. The summed E-state index contributed by atoms with van der Waals surface area (Å²) in [6, 6.07) is 3.49. The molecular formula is C17H26N2O3. The second kappa shape index (κ2) is 6.90. The molecule has 0 aliphatic carbocycles. The number of carbonyl (C=O) groups excluding carboxylic acids is 2. The van der Waals surface area contributed by atoms with Crippen LogP contribution in [0, 0.1) is 5.41 Å². The van der Waals surface area contributed by atoms with E-state index in [4.69, 9.17) is 4.74 Å². The number of aromatic nitrogens is 1. The van der Waals surface area contributed by atoms with E-state index in [0.29, 0.717) is 18.7 Å². The van der Waals surface area contributed by atoms with Crippen LogP contribution in [0.1, 0.15) is 64.0 Å². The Morgan fingerprint density at radius 1 is 1.14 bits per heavy atom. The largest absolute Gasteiger partial charge is 0.444 e. The van der Waals surface area contributed by atoms with Gasteiger partial charge >= 0.3 is 6.09 Å². The van der Waals surface area contributed by atoms with Crippen molar-refractivity contribution in [1.82, 2.24) is 10.3 Å². The molecule has 1 amide bonds. The van der Waals surface area contributed by atoms with Crippen LogP contribution in [0.15, 0.2) is 18.3 Å². The van der Waals surface area contributed by atoms with Crippen molar-refractivity contribution in [3.05, 3.63) is 29.6 Å². The maximum atomic E-state index is 12.0. The van der Waals surface area contributed by atoms with E-state index in [1.165, 1.54) is 0 Å². The molecule has 5 heteroatoms. The lowest BCUT2D eigenvalue weighted by Crippen LogP contribution is -2.32. The minimum atomic E-state index is -0.522. The SMILES string of the molecule is CC(C)(C)CC(=O)c1ccc(CNC(=O)OC(C)(C)C)cn1. The number of hydrogen-bond acceptors (Lipinski definition) is 4. The molecule has 0 aliphatic heterocycles. The third kappa shape index (κ3) is 7.20. The molecule has 1 rings (SSSR count). The molecule has 5 nitrogen and oxygen atoms in total. The number of rotatable bonds is 4. The van der Waals surface area contributed by atoms with Gasteiger partial charge < -0.3 is 10.1 Å². The van der Waals surface area contributed by atoms with Crippen molar-refractivity contribution in [1.29, 1.82) is 0 Å². The van der Waals surface area contributed by atoms with Gasteiger partial charge in [-0.25, -0.2) is 4.79 Å². The standard InChI is InChI=1S/C17H26N2O3/c1-16(2,3)9-14(20)13-8-7-12(10-18-13)11-19-15(21)22-17(4,5)6/h7-8,10H,9,11H2,1-6H3,(H,19,21). The van der Waals surface area contributed by atoms with Crippen molar-refractivity contribution in [2.45, 2.75) is 60.1 Å². The number of nitrogens with one attached hydrogen (secondary N) is 1. The number of hydrogen-bond donors (Lipinski definition) is 1. The summed E-state index contributed by atoms with van der Waals surface area (Å²) in [6.07, 6.45) is 1.59. The Hall–Kier alpha value is -1.91. The minimum absolute atomic E-state index is 0.0270. The van der Waals surface area contributed by atoms with E-state index >= 15 is 0 Å². The molecule has 1 N–H and O–H groups in total. The zero-order chi connectivity index (χ0) is 17.0. The number of ether oxygens (including phenoxy) is 1. The second-order valence-electron chi connectivity index (χ2n) is 7.57. The quantitative estimate of drug-likeness (QED) is 0.861. The summed E-state index contributed by atoms with van der Waals surface area (Å²) in [6.45, 7) is 11.8. The smallest absolute Gasteiger partial charge is 0.407 e. The summed E-state index contributed by atoms with van der Waals surface area (Å²) in [5, 5.41) is 2.66. The average Bonchev–Trinajstić information content (AvgIpc) is 2.33. The molecule has 122 valence electrons. The van der Waals surface area contributed by atoms with E-state index in [1.54, 1.807) is 18.3 Å². The molecule has 0 bridgehead atoms. The van der Waals surface area contributed by atoms with Crippen molar-refractivity contribution < 1.29 is 14.3 Å². The van der Waals surface area contributed by atoms with Gasteiger partial charge in [0, 0.05) is 19.2 Å². The molecule has 22 heavy (non-hydrogen) atoms. The summed E-state index contributed by atoms with van der Waals surface area (Å²) >= 11 is 0. The van der Waals surface area contributed by atoms with Crippen molar-refractivity contribution >= 4 is 11.9 Å². The van der Waals surface area contributed by atoms with Gasteiger partial charge in [0.15, 0.2) is 5.78 Å². The lowest BCUT2D eigenvalue weighted by Gasteiger charge is -2.19. The number of nitrogens with zero attached hydrogens (tertiary/aromatic N) is 1. The molecule has 0 fully saturated rings. The highest BCUT2D eigenvalue weighted by atomic mass is 16.6.